The van der Waals surface area contributed by atoms with Gasteiger partial charge in [-0.15, -0.1) is 12.4 Å². The average Bonchev–Trinajstić information content (AvgIpc) is 3.08. The Morgan fingerprint density at radius 3 is 2.47 bits per heavy atom. The van der Waals surface area contributed by atoms with Gasteiger partial charge in [0.15, 0.2) is 0 Å². The molecule has 3 fully saturated rings. The fourth-order valence-electron chi connectivity index (χ4n) is 7.75. The average molecular weight is 465 g/mol. The van der Waals surface area contributed by atoms with Crippen molar-refractivity contribution in [1.82, 2.24) is 0 Å². The lowest BCUT2D eigenvalue weighted by atomic mass is 9.46. The topological polar surface area (TPSA) is 81.8 Å². The summed E-state index contributed by atoms with van der Waals surface area (Å²) in [5.74, 6) is 2.35. The highest BCUT2D eigenvalue weighted by molar-refractivity contribution is 5.96. The van der Waals surface area contributed by atoms with E-state index in [9.17, 15) is 9.59 Å². The van der Waals surface area contributed by atoms with E-state index in [4.69, 9.17) is 10.6 Å². The molecule has 180 valence electrons. The van der Waals surface area contributed by atoms with Crippen LogP contribution in [0.2, 0.25) is 0 Å². The number of hydrogen-bond acceptors (Lipinski definition) is 5. The van der Waals surface area contributed by atoms with Crippen molar-refractivity contribution in [3.63, 3.8) is 0 Å². The second-order valence-electron chi connectivity index (χ2n) is 11.6. The van der Waals surface area contributed by atoms with E-state index in [1.807, 2.05) is 13.8 Å². The molecule has 7 atom stereocenters. The number of ketones is 1. The zero-order valence-corrected chi connectivity index (χ0v) is 21.2. The Morgan fingerprint density at radius 2 is 1.81 bits per heavy atom. The molecule has 0 aromatic carbocycles. The van der Waals surface area contributed by atoms with Crippen LogP contribution < -0.4 is 5.73 Å². The Balaban J connectivity index is 0.00000289. The van der Waals surface area contributed by atoms with Crippen molar-refractivity contribution in [3.05, 3.63) is 11.6 Å². The monoisotopic (exact) mass is 464 g/mol. The highest BCUT2D eigenvalue weighted by Crippen LogP contribution is 2.66. The van der Waals surface area contributed by atoms with E-state index >= 15 is 0 Å². The zero-order chi connectivity index (χ0) is 22.6. The second kappa shape index (κ2) is 9.21. The van der Waals surface area contributed by atoms with Crippen LogP contribution in [0.3, 0.4) is 0 Å². The number of allylic oxidation sites excluding steroid dienone is 2. The van der Waals surface area contributed by atoms with Gasteiger partial charge in [0.05, 0.1) is 5.71 Å². The van der Waals surface area contributed by atoms with Crippen LogP contribution >= 0.6 is 12.4 Å². The molecule has 0 bridgehead atoms. The van der Waals surface area contributed by atoms with Gasteiger partial charge in [0.25, 0.3) is 0 Å². The van der Waals surface area contributed by atoms with Gasteiger partial charge in [-0.25, -0.2) is 4.79 Å². The van der Waals surface area contributed by atoms with E-state index in [-0.39, 0.29) is 35.1 Å². The summed E-state index contributed by atoms with van der Waals surface area (Å²) in [7, 11) is 0. The second-order valence-corrected chi connectivity index (χ2v) is 11.6. The molecule has 32 heavy (non-hydrogen) atoms. The molecule has 5 nitrogen and oxygen atoms in total. The van der Waals surface area contributed by atoms with Gasteiger partial charge < -0.3 is 10.6 Å². The van der Waals surface area contributed by atoms with Crippen molar-refractivity contribution in [2.75, 3.05) is 0 Å². The van der Waals surface area contributed by atoms with Crippen LogP contribution in [0, 0.1) is 40.4 Å². The standard InChI is InChI=1S/C26H40N2O3.ClH/c1-15(2)23(27)24(30)31-28-18-10-12-25(4)17(14-18)6-7-19-21-9-8-20(16(3)29)26(21,5)13-11-22(19)25;/h14-15,19-23H,6-13,27H2,1-5H3;1H/b28-18+;/t19?,20-,21?,22?,23+,25+,26-;/m1./s1. The molecule has 0 aromatic heterocycles. The van der Waals surface area contributed by atoms with Gasteiger partial charge >= 0.3 is 5.97 Å². The number of nitrogens with zero attached hydrogens (tertiary/aromatic N) is 1. The molecular weight excluding hydrogens is 424 g/mol. The number of fused-ring (bicyclic) bond motifs is 5. The predicted molar refractivity (Wildman–Crippen MR) is 129 cm³/mol. The first kappa shape index (κ1) is 25.4. The smallest absolute Gasteiger partial charge is 0.318 e. The number of oxime groups is 1. The largest absolute Gasteiger partial charge is 0.351 e. The molecule has 3 saturated carbocycles. The first-order valence-electron chi connectivity index (χ1n) is 12.3. The van der Waals surface area contributed by atoms with Crippen LogP contribution in [-0.2, 0) is 14.4 Å². The number of halogens is 1. The molecule has 4 aliphatic rings. The normalized spacial score (nSPS) is 40.5. The fraction of sp³-hybridized carbons (Fsp3) is 0.808. The molecular formula is C26H41ClN2O3. The molecule has 6 heteroatoms. The van der Waals surface area contributed by atoms with E-state index in [0.717, 1.165) is 37.3 Å². The van der Waals surface area contributed by atoms with Crippen LogP contribution in [0.1, 0.15) is 86.0 Å². The third kappa shape index (κ3) is 4.09. The molecule has 0 saturated heterocycles. The lowest BCUT2D eigenvalue weighted by molar-refractivity contribution is -0.146. The van der Waals surface area contributed by atoms with E-state index in [1.165, 1.54) is 31.3 Å². The Bertz CT molecular complexity index is 822. The number of carbonyl (C=O) groups excluding carboxylic acids is 2. The minimum absolute atomic E-state index is 0. The van der Waals surface area contributed by atoms with Crippen molar-refractivity contribution < 1.29 is 14.4 Å². The molecule has 0 heterocycles. The van der Waals surface area contributed by atoms with Gasteiger partial charge in [0, 0.05) is 5.92 Å². The SMILES string of the molecule is CC(=O)[C@H]1CCC2C3CCC4=C/C(=N/OC(=O)[C@@H](N)C(C)C)CC[C@]4(C)C3CC[C@@]21C.Cl. The highest BCUT2D eigenvalue weighted by atomic mass is 35.5. The van der Waals surface area contributed by atoms with E-state index in [0.29, 0.717) is 17.6 Å². The van der Waals surface area contributed by atoms with Crippen LogP contribution in [0.5, 0.6) is 0 Å². The van der Waals surface area contributed by atoms with Crippen molar-refractivity contribution in [3.8, 4) is 0 Å². The molecule has 0 amide bonds. The number of nitrogens with two attached hydrogens (primary N) is 1. The van der Waals surface area contributed by atoms with Crippen LogP contribution in [-0.4, -0.2) is 23.5 Å². The Kier molecular flexibility index (Phi) is 7.32. The Hall–Kier alpha value is -1.20. The maximum absolute atomic E-state index is 12.3. The zero-order valence-electron chi connectivity index (χ0n) is 20.4. The van der Waals surface area contributed by atoms with Gasteiger partial charge in [-0.1, -0.05) is 38.4 Å². The first-order chi connectivity index (χ1) is 14.6. The third-order valence-electron chi connectivity index (χ3n) is 9.71. The van der Waals surface area contributed by atoms with Gasteiger partial charge in [-0.2, -0.15) is 0 Å². The third-order valence-corrected chi connectivity index (χ3v) is 9.71. The highest BCUT2D eigenvalue weighted by Gasteiger charge is 2.59. The van der Waals surface area contributed by atoms with E-state index in [1.54, 1.807) is 6.92 Å². The van der Waals surface area contributed by atoms with Gasteiger partial charge in [0.1, 0.15) is 11.8 Å². The van der Waals surface area contributed by atoms with Gasteiger partial charge in [-0.3, -0.25) is 4.79 Å². The minimum atomic E-state index is -0.636. The molecule has 4 aliphatic carbocycles. The molecule has 2 N–H and O–H groups in total. The lowest BCUT2D eigenvalue weighted by Crippen LogP contribution is -2.51. The first-order valence-corrected chi connectivity index (χ1v) is 12.3. The van der Waals surface area contributed by atoms with Crippen molar-refractivity contribution in [2.24, 2.45) is 51.3 Å². The summed E-state index contributed by atoms with van der Waals surface area (Å²) in [6, 6.07) is -0.636. The number of hydrogen-bond donors (Lipinski definition) is 1. The van der Waals surface area contributed by atoms with Crippen LogP contribution in [0.15, 0.2) is 16.8 Å². The predicted octanol–water partition coefficient (Wildman–Crippen LogP) is 5.46. The maximum Gasteiger partial charge on any atom is 0.351 e. The number of Topliss-reactive ketones (excluding diaryl/α,β-unsaturated/α-hetero) is 1. The van der Waals surface area contributed by atoms with E-state index < -0.39 is 12.0 Å². The van der Waals surface area contributed by atoms with Crippen molar-refractivity contribution in [1.29, 1.82) is 0 Å². The molecule has 0 aliphatic heterocycles. The molecule has 3 unspecified atom stereocenters. The number of rotatable bonds is 4. The summed E-state index contributed by atoms with van der Waals surface area (Å²) in [6.07, 6.45) is 11.1. The summed E-state index contributed by atoms with van der Waals surface area (Å²) in [4.78, 5) is 29.6. The summed E-state index contributed by atoms with van der Waals surface area (Å²) in [5, 5.41) is 4.18. The van der Waals surface area contributed by atoms with Gasteiger partial charge in [-0.05, 0) is 98.9 Å². The minimum Gasteiger partial charge on any atom is -0.318 e. The summed E-state index contributed by atoms with van der Waals surface area (Å²) >= 11 is 0. The maximum atomic E-state index is 12.3. The molecule has 0 spiro atoms. The molecule has 4 rings (SSSR count). The molecule has 0 radical (unpaired) electrons. The summed E-state index contributed by atoms with van der Waals surface area (Å²) in [6.45, 7) is 10.5. The summed E-state index contributed by atoms with van der Waals surface area (Å²) in [5.41, 5.74) is 8.63. The summed E-state index contributed by atoms with van der Waals surface area (Å²) < 4.78 is 0. The quantitative estimate of drug-likeness (QED) is 0.442. The number of carbonyl (C=O) groups is 2. The van der Waals surface area contributed by atoms with E-state index in [2.05, 4.69) is 25.1 Å². The van der Waals surface area contributed by atoms with Crippen molar-refractivity contribution in [2.45, 2.75) is 92.0 Å². The Morgan fingerprint density at radius 1 is 1.09 bits per heavy atom. The van der Waals surface area contributed by atoms with Crippen molar-refractivity contribution >= 4 is 29.9 Å². The Labute approximate surface area is 199 Å². The van der Waals surface area contributed by atoms with Crippen LogP contribution in [0.4, 0.5) is 0 Å². The van der Waals surface area contributed by atoms with Gasteiger partial charge in [0.2, 0.25) is 0 Å². The fourth-order valence-corrected chi connectivity index (χ4v) is 7.75. The lowest BCUT2D eigenvalue weighted by Gasteiger charge is -2.58. The van der Waals surface area contributed by atoms with Crippen LogP contribution in [0.25, 0.3) is 0 Å². The molecule has 0 aromatic rings.